The SMILES string of the molecule is CCCCCCCCCCCCCCCC(=O)OCCN(CCO)CCCCCCCCCCCCCCC. The standard InChI is InChI=1S/C35H71NO3/c1-3-5-7-9-11-13-15-17-19-21-23-25-27-29-35(38)39-34-32-36(31-33-37)30-28-26-24-22-20-18-16-14-12-10-8-6-4-2/h37H,3-34H2,1-2H3. The molecular formula is C35H71NO3. The van der Waals surface area contributed by atoms with Crippen molar-refractivity contribution in [3.63, 3.8) is 0 Å². The number of unbranched alkanes of at least 4 members (excludes halogenated alkanes) is 24. The molecule has 4 nitrogen and oxygen atoms in total. The van der Waals surface area contributed by atoms with E-state index in [0.29, 0.717) is 19.6 Å². The summed E-state index contributed by atoms with van der Waals surface area (Å²) in [7, 11) is 0. The fourth-order valence-electron chi connectivity index (χ4n) is 5.48. The lowest BCUT2D eigenvalue weighted by molar-refractivity contribution is -0.144. The fraction of sp³-hybridized carbons (Fsp3) is 0.971. The van der Waals surface area contributed by atoms with Crippen molar-refractivity contribution in [3.05, 3.63) is 0 Å². The topological polar surface area (TPSA) is 49.8 Å². The van der Waals surface area contributed by atoms with E-state index in [-0.39, 0.29) is 12.6 Å². The molecule has 0 heterocycles. The monoisotopic (exact) mass is 554 g/mol. The molecule has 234 valence electrons. The van der Waals surface area contributed by atoms with Crippen LogP contribution in [0.3, 0.4) is 0 Å². The first-order chi connectivity index (χ1) is 19.2. The third kappa shape index (κ3) is 31.8. The summed E-state index contributed by atoms with van der Waals surface area (Å²) in [6, 6.07) is 0. The number of carbonyl (C=O) groups excluding carboxylic acids is 1. The minimum absolute atomic E-state index is 0.0528. The number of ether oxygens (including phenoxy) is 1. The molecule has 0 aliphatic rings. The van der Waals surface area contributed by atoms with E-state index in [4.69, 9.17) is 4.74 Å². The maximum atomic E-state index is 12.1. The van der Waals surface area contributed by atoms with E-state index in [0.717, 1.165) is 25.9 Å². The molecule has 0 aromatic carbocycles. The zero-order valence-electron chi connectivity index (χ0n) is 26.8. The zero-order valence-corrected chi connectivity index (χ0v) is 26.8. The van der Waals surface area contributed by atoms with E-state index in [1.54, 1.807) is 0 Å². The molecule has 0 unspecified atom stereocenters. The molecule has 0 spiro atoms. The summed E-state index contributed by atoms with van der Waals surface area (Å²) in [5, 5.41) is 9.39. The highest BCUT2D eigenvalue weighted by atomic mass is 16.5. The van der Waals surface area contributed by atoms with Crippen molar-refractivity contribution in [1.82, 2.24) is 4.90 Å². The second-order valence-electron chi connectivity index (χ2n) is 12.0. The van der Waals surface area contributed by atoms with Gasteiger partial charge in [-0.05, 0) is 19.4 Å². The molecule has 0 bridgehead atoms. The van der Waals surface area contributed by atoms with Crippen molar-refractivity contribution >= 4 is 5.97 Å². The molecule has 39 heavy (non-hydrogen) atoms. The Morgan fingerprint density at radius 1 is 0.487 bits per heavy atom. The van der Waals surface area contributed by atoms with Gasteiger partial charge in [0.2, 0.25) is 0 Å². The van der Waals surface area contributed by atoms with Crippen LogP contribution in [0.1, 0.15) is 187 Å². The van der Waals surface area contributed by atoms with E-state index in [1.165, 1.54) is 154 Å². The quantitative estimate of drug-likeness (QED) is 0.0648. The normalized spacial score (nSPS) is 11.5. The number of hydrogen-bond acceptors (Lipinski definition) is 4. The highest BCUT2D eigenvalue weighted by molar-refractivity contribution is 5.69. The van der Waals surface area contributed by atoms with Crippen LogP contribution in [0.15, 0.2) is 0 Å². The van der Waals surface area contributed by atoms with Gasteiger partial charge in [-0.3, -0.25) is 9.69 Å². The summed E-state index contributed by atoms with van der Waals surface area (Å²) < 4.78 is 5.48. The maximum Gasteiger partial charge on any atom is 0.305 e. The minimum Gasteiger partial charge on any atom is -0.464 e. The van der Waals surface area contributed by atoms with Gasteiger partial charge in [0.1, 0.15) is 6.61 Å². The van der Waals surface area contributed by atoms with Gasteiger partial charge in [0, 0.05) is 19.5 Å². The molecule has 0 aromatic heterocycles. The Morgan fingerprint density at radius 3 is 1.23 bits per heavy atom. The summed E-state index contributed by atoms with van der Waals surface area (Å²) in [4.78, 5) is 14.3. The molecule has 0 aliphatic carbocycles. The molecular weight excluding hydrogens is 482 g/mol. The Kier molecular flexibility index (Phi) is 33.1. The molecule has 4 heteroatoms. The second-order valence-corrected chi connectivity index (χ2v) is 12.0. The molecule has 0 saturated carbocycles. The van der Waals surface area contributed by atoms with Crippen LogP contribution in [0.25, 0.3) is 0 Å². The first-order valence-corrected chi connectivity index (χ1v) is 17.7. The summed E-state index contributed by atoms with van der Waals surface area (Å²) >= 11 is 0. The number of esters is 1. The highest BCUT2D eigenvalue weighted by Gasteiger charge is 2.07. The van der Waals surface area contributed by atoms with Crippen LogP contribution in [0, 0.1) is 0 Å². The van der Waals surface area contributed by atoms with Gasteiger partial charge in [0.05, 0.1) is 6.61 Å². The Morgan fingerprint density at radius 2 is 0.846 bits per heavy atom. The summed E-state index contributed by atoms with van der Waals surface area (Å²) in [6.45, 7) is 7.59. The van der Waals surface area contributed by atoms with Crippen molar-refractivity contribution in [3.8, 4) is 0 Å². The molecule has 0 rings (SSSR count). The second kappa shape index (κ2) is 33.6. The Labute approximate surface area is 245 Å². The van der Waals surface area contributed by atoms with Crippen LogP contribution >= 0.6 is 0 Å². The van der Waals surface area contributed by atoms with Gasteiger partial charge in [-0.25, -0.2) is 0 Å². The number of hydrogen-bond donors (Lipinski definition) is 1. The van der Waals surface area contributed by atoms with Crippen molar-refractivity contribution in [1.29, 1.82) is 0 Å². The van der Waals surface area contributed by atoms with E-state index in [1.807, 2.05) is 0 Å². The average molecular weight is 554 g/mol. The Hall–Kier alpha value is -0.610. The van der Waals surface area contributed by atoms with Crippen molar-refractivity contribution in [2.45, 2.75) is 187 Å². The van der Waals surface area contributed by atoms with Gasteiger partial charge < -0.3 is 9.84 Å². The first-order valence-electron chi connectivity index (χ1n) is 17.7. The average Bonchev–Trinajstić information content (AvgIpc) is 2.93. The number of aliphatic hydroxyl groups is 1. The molecule has 0 aliphatic heterocycles. The van der Waals surface area contributed by atoms with Crippen molar-refractivity contribution in [2.24, 2.45) is 0 Å². The molecule has 0 aromatic rings. The summed E-state index contributed by atoms with van der Waals surface area (Å²) in [5.41, 5.74) is 0. The number of nitrogens with zero attached hydrogens (tertiary/aromatic N) is 1. The minimum atomic E-state index is -0.0528. The van der Waals surface area contributed by atoms with Gasteiger partial charge in [-0.15, -0.1) is 0 Å². The van der Waals surface area contributed by atoms with Crippen molar-refractivity contribution in [2.75, 3.05) is 32.8 Å². The van der Waals surface area contributed by atoms with Crippen LogP contribution in [0.2, 0.25) is 0 Å². The number of rotatable bonds is 33. The molecule has 1 N–H and O–H groups in total. The third-order valence-electron chi connectivity index (χ3n) is 8.15. The van der Waals surface area contributed by atoms with Gasteiger partial charge in [0.25, 0.3) is 0 Å². The largest absolute Gasteiger partial charge is 0.464 e. The Balaban J connectivity index is 3.49. The van der Waals surface area contributed by atoms with E-state index < -0.39 is 0 Å². The lowest BCUT2D eigenvalue weighted by Crippen LogP contribution is -2.32. The first kappa shape index (κ1) is 38.4. The molecule has 0 amide bonds. The van der Waals surface area contributed by atoms with Crippen LogP contribution in [0.5, 0.6) is 0 Å². The lowest BCUT2D eigenvalue weighted by Gasteiger charge is -2.21. The van der Waals surface area contributed by atoms with Crippen LogP contribution in [-0.2, 0) is 9.53 Å². The zero-order chi connectivity index (χ0) is 28.5. The molecule has 0 radical (unpaired) electrons. The van der Waals surface area contributed by atoms with E-state index >= 15 is 0 Å². The van der Waals surface area contributed by atoms with Crippen LogP contribution in [0.4, 0.5) is 0 Å². The van der Waals surface area contributed by atoms with Crippen molar-refractivity contribution < 1.29 is 14.6 Å². The number of carbonyl (C=O) groups is 1. The van der Waals surface area contributed by atoms with Crippen LogP contribution < -0.4 is 0 Å². The summed E-state index contributed by atoms with van der Waals surface area (Å²) in [6.07, 6.45) is 35.4. The fourth-order valence-corrected chi connectivity index (χ4v) is 5.48. The van der Waals surface area contributed by atoms with E-state index in [2.05, 4.69) is 18.7 Å². The number of aliphatic hydroxyl groups excluding tert-OH is 1. The Bertz CT molecular complexity index is 471. The van der Waals surface area contributed by atoms with Gasteiger partial charge in [-0.1, -0.05) is 168 Å². The van der Waals surface area contributed by atoms with E-state index in [9.17, 15) is 9.90 Å². The molecule has 0 fully saturated rings. The molecule has 0 atom stereocenters. The van der Waals surface area contributed by atoms with Crippen LogP contribution in [-0.4, -0.2) is 48.8 Å². The van der Waals surface area contributed by atoms with Gasteiger partial charge >= 0.3 is 5.97 Å². The lowest BCUT2D eigenvalue weighted by atomic mass is 10.0. The van der Waals surface area contributed by atoms with Gasteiger partial charge in [-0.2, -0.15) is 0 Å². The molecule has 0 saturated heterocycles. The highest BCUT2D eigenvalue weighted by Crippen LogP contribution is 2.14. The predicted octanol–water partition coefficient (Wildman–Crippen LogP) is 10.4. The smallest absolute Gasteiger partial charge is 0.305 e. The predicted molar refractivity (Wildman–Crippen MR) is 170 cm³/mol. The summed E-state index contributed by atoms with van der Waals surface area (Å²) in [5.74, 6) is -0.0528. The third-order valence-corrected chi connectivity index (χ3v) is 8.15. The maximum absolute atomic E-state index is 12.1. The van der Waals surface area contributed by atoms with Gasteiger partial charge in [0.15, 0.2) is 0 Å².